The molecule has 370 valence electrons. The number of methoxy groups -OCH3 is 6. The van der Waals surface area contributed by atoms with Crippen molar-refractivity contribution in [3.8, 4) is 0 Å². The normalized spacial score (nSPS) is 35.2. The maximum absolute atomic E-state index is 5.56. The number of allylic oxidation sites excluding steroid dienone is 2. The lowest BCUT2D eigenvalue weighted by Crippen LogP contribution is -2.47. The van der Waals surface area contributed by atoms with Gasteiger partial charge in [0.1, 0.15) is 0 Å². The molecular formula is C56H110O6. The molecule has 0 N–H and O–H groups in total. The summed E-state index contributed by atoms with van der Waals surface area (Å²) in [6, 6.07) is 0. The van der Waals surface area contributed by atoms with Crippen molar-refractivity contribution in [3.05, 3.63) is 11.1 Å². The number of hydrogen-bond acceptors (Lipinski definition) is 6. The minimum absolute atomic E-state index is 0.233. The van der Waals surface area contributed by atoms with Crippen LogP contribution in [0.1, 0.15) is 197 Å². The van der Waals surface area contributed by atoms with Gasteiger partial charge in [-0.15, -0.1) is 0 Å². The highest BCUT2D eigenvalue weighted by Gasteiger charge is 2.79. The lowest BCUT2D eigenvalue weighted by molar-refractivity contribution is -0.0957. The number of hydrogen-bond donors (Lipinski definition) is 0. The topological polar surface area (TPSA) is 55.4 Å². The Balaban J connectivity index is 0.000000422. The summed E-state index contributed by atoms with van der Waals surface area (Å²) in [4.78, 5) is 0. The second kappa shape index (κ2) is 20.4. The lowest BCUT2D eigenvalue weighted by Gasteiger charge is -2.54. The van der Waals surface area contributed by atoms with Crippen LogP contribution in [0.2, 0.25) is 0 Å². The smallest absolute Gasteiger partial charge is 0.0516 e. The van der Waals surface area contributed by atoms with Gasteiger partial charge in [0.2, 0.25) is 0 Å². The summed E-state index contributed by atoms with van der Waals surface area (Å²) in [7, 11) is 10.7. The maximum atomic E-state index is 5.56. The molecule has 0 heterocycles. The van der Waals surface area contributed by atoms with E-state index in [1.165, 1.54) is 38.5 Å². The van der Waals surface area contributed by atoms with Gasteiger partial charge in [-0.1, -0.05) is 150 Å². The minimum Gasteiger partial charge on any atom is -0.384 e. The summed E-state index contributed by atoms with van der Waals surface area (Å²) in [5.41, 5.74) is 7.40. The van der Waals surface area contributed by atoms with Gasteiger partial charge in [0.15, 0.2) is 0 Å². The van der Waals surface area contributed by atoms with Crippen LogP contribution >= 0.6 is 0 Å². The first kappa shape index (κ1) is 59.5. The third-order valence-electron chi connectivity index (χ3n) is 18.0. The van der Waals surface area contributed by atoms with Crippen molar-refractivity contribution in [2.45, 2.75) is 197 Å². The van der Waals surface area contributed by atoms with Crippen LogP contribution in [0.3, 0.4) is 0 Å². The van der Waals surface area contributed by atoms with Gasteiger partial charge in [-0.3, -0.25) is 0 Å². The Hall–Kier alpha value is -0.500. The van der Waals surface area contributed by atoms with E-state index in [1.54, 1.807) is 39.6 Å². The SMILES string of the molecule is CC1=C(C)C2(C)C(C)(C)C(C)(C)C1(C)C2(C)C.COCC(C)(C)CC(C)(C)COC.COCC1(C)CC(C)(C)CC(C)(C)CC(C)(COC)C1.COCC1(C)CC(C)(COC)C1. The van der Waals surface area contributed by atoms with Crippen LogP contribution in [0.4, 0.5) is 0 Å². The fourth-order valence-corrected chi connectivity index (χ4v) is 16.8. The summed E-state index contributed by atoms with van der Waals surface area (Å²) in [6.07, 6.45) is 8.44. The van der Waals surface area contributed by atoms with E-state index in [1.807, 2.05) is 14.2 Å². The molecule has 4 aliphatic rings. The summed E-state index contributed by atoms with van der Waals surface area (Å²) in [5, 5.41) is 0. The monoisotopic (exact) mass is 879 g/mol. The average Bonchev–Trinajstić information content (AvgIpc) is 3.18. The maximum Gasteiger partial charge on any atom is 0.0516 e. The van der Waals surface area contributed by atoms with Crippen molar-refractivity contribution in [2.24, 2.45) is 70.4 Å². The molecule has 6 nitrogen and oxygen atoms in total. The molecule has 4 rings (SSSR count). The molecule has 0 aromatic carbocycles. The third-order valence-corrected chi connectivity index (χ3v) is 18.0. The molecule has 0 aliphatic heterocycles. The van der Waals surface area contributed by atoms with E-state index in [0.29, 0.717) is 48.7 Å². The zero-order valence-corrected chi connectivity index (χ0v) is 47.1. The molecule has 3 fully saturated rings. The van der Waals surface area contributed by atoms with Crippen LogP contribution in [0.25, 0.3) is 0 Å². The van der Waals surface area contributed by atoms with Gasteiger partial charge in [-0.25, -0.2) is 0 Å². The molecule has 0 amide bonds. The van der Waals surface area contributed by atoms with Crippen molar-refractivity contribution in [3.63, 3.8) is 0 Å². The predicted molar refractivity (Wildman–Crippen MR) is 267 cm³/mol. The summed E-state index contributed by atoms with van der Waals surface area (Å²) >= 11 is 0. The quantitative estimate of drug-likeness (QED) is 0.162. The molecule has 3 saturated carbocycles. The van der Waals surface area contributed by atoms with E-state index in [9.17, 15) is 0 Å². The Morgan fingerprint density at radius 1 is 0.355 bits per heavy atom. The van der Waals surface area contributed by atoms with Crippen molar-refractivity contribution < 1.29 is 28.4 Å². The van der Waals surface area contributed by atoms with Crippen molar-refractivity contribution >= 4 is 0 Å². The first-order valence-corrected chi connectivity index (χ1v) is 24.3. The fraction of sp³-hybridized carbons (Fsp3) is 0.964. The summed E-state index contributed by atoms with van der Waals surface area (Å²) in [5.74, 6) is 0. The van der Waals surface area contributed by atoms with Gasteiger partial charge >= 0.3 is 0 Å². The molecule has 6 heteroatoms. The van der Waals surface area contributed by atoms with Gasteiger partial charge < -0.3 is 28.4 Å². The molecule has 2 bridgehead atoms. The van der Waals surface area contributed by atoms with Gasteiger partial charge in [0.25, 0.3) is 0 Å². The van der Waals surface area contributed by atoms with Crippen LogP contribution in [0.5, 0.6) is 0 Å². The van der Waals surface area contributed by atoms with Gasteiger partial charge in [-0.05, 0) is 129 Å². The van der Waals surface area contributed by atoms with Crippen molar-refractivity contribution in [2.75, 3.05) is 82.3 Å². The first-order valence-electron chi connectivity index (χ1n) is 24.3. The highest BCUT2D eigenvalue weighted by atomic mass is 16.5. The number of fused-ring (bicyclic) bond motifs is 2. The van der Waals surface area contributed by atoms with Gasteiger partial charge in [-0.2, -0.15) is 0 Å². The fourth-order valence-electron chi connectivity index (χ4n) is 16.8. The largest absolute Gasteiger partial charge is 0.384 e. The molecule has 0 radical (unpaired) electrons. The van der Waals surface area contributed by atoms with E-state index in [4.69, 9.17) is 28.4 Å². The molecule has 4 unspecified atom stereocenters. The molecule has 4 aliphatic carbocycles. The Morgan fingerprint density at radius 3 is 0.806 bits per heavy atom. The summed E-state index contributed by atoms with van der Waals surface area (Å²) in [6.45, 7) is 57.7. The predicted octanol–water partition coefficient (Wildman–Crippen LogP) is 15.2. The van der Waals surface area contributed by atoms with E-state index in [2.05, 4.69) is 152 Å². The molecule has 0 aromatic heterocycles. The summed E-state index contributed by atoms with van der Waals surface area (Å²) < 4.78 is 31.9. The second-order valence-electron chi connectivity index (χ2n) is 28.1. The van der Waals surface area contributed by atoms with Crippen LogP contribution in [0, 0.1) is 70.4 Å². The molecular weight excluding hydrogens is 769 g/mol. The van der Waals surface area contributed by atoms with Crippen LogP contribution in [-0.2, 0) is 28.4 Å². The highest BCUT2D eigenvalue weighted by molar-refractivity contribution is 5.47. The van der Waals surface area contributed by atoms with Crippen LogP contribution in [-0.4, -0.2) is 82.3 Å². The van der Waals surface area contributed by atoms with Crippen LogP contribution in [0.15, 0.2) is 11.1 Å². The Bertz CT molecular complexity index is 1340. The molecule has 0 saturated heterocycles. The zero-order valence-electron chi connectivity index (χ0n) is 47.1. The van der Waals surface area contributed by atoms with E-state index >= 15 is 0 Å². The lowest BCUT2D eigenvalue weighted by atomic mass is 9.50. The Kier molecular flexibility index (Phi) is 19.6. The molecule has 62 heavy (non-hydrogen) atoms. The zero-order chi connectivity index (χ0) is 49.1. The Labute approximate surface area is 388 Å². The molecule has 4 atom stereocenters. The van der Waals surface area contributed by atoms with Crippen molar-refractivity contribution in [1.82, 2.24) is 0 Å². The van der Waals surface area contributed by atoms with Gasteiger partial charge in [0.05, 0.1) is 39.6 Å². The second-order valence-corrected chi connectivity index (χ2v) is 28.1. The molecule has 0 spiro atoms. The highest BCUT2D eigenvalue weighted by Crippen LogP contribution is 2.86. The average molecular weight is 879 g/mol. The minimum atomic E-state index is 0.233. The third kappa shape index (κ3) is 12.7. The van der Waals surface area contributed by atoms with Gasteiger partial charge in [0, 0.05) is 42.7 Å². The van der Waals surface area contributed by atoms with Crippen molar-refractivity contribution in [1.29, 1.82) is 0 Å². The van der Waals surface area contributed by atoms with Crippen LogP contribution < -0.4 is 0 Å². The van der Waals surface area contributed by atoms with E-state index < -0.39 is 0 Å². The Morgan fingerprint density at radius 2 is 0.597 bits per heavy atom. The number of ether oxygens (including phenoxy) is 6. The first-order chi connectivity index (χ1) is 27.6. The molecule has 0 aromatic rings. The number of rotatable bonds is 14. The van der Waals surface area contributed by atoms with E-state index in [0.717, 1.165) is 46.1 Å². The standard InChI is InChI=1S/C18H36O2.C17H30.C11H24O2.C10H20O2/c1-15(2)9-16(3,4)11-18(6,14-20-8)12-17(5,10-15)13-19-7;1-11-12(2)17(10)14(5,6)13(3,4)16(11,9)15(17,7)8;1-10(2,8-12-5)7-11(3,4)9-13-6;1-9(7-11-3)5-10(2,6-9)8-12-4/h9-14H2,1-8H3;1-10H3;7-9H2,1-6H3;5-8H2,1-4H3. The van der Waals surface area contributed by atoms with E-state index in [-0.39, 0.29) is 21.7 Å².